The van der Waals surface area contributed by atoms with Gasteiger partial charge in [-0.3, -0.25) is 4.79 Å². The zero-order valence-corrected chi connectivity index (χ0v) is 9.60. The van der Waals surface area contributed by atoms with Crippen LogP contribution in [0.5, 0.6) is 0 Å². The molecule has 1 aliphatic heterocycles. The van der Waals surface area contributed by atoms with Crippen LogP contribution < -0.4 is 0 Å². The number of piperidine rings is 1. The molecule has 1 N–H and O–H groups in total. The maximum atomic E-state index is 11.3. The van der Waals surface area contributed by atoms with Gasteiger partial charge in [0.1, 0.15) is 0 Å². The summed E-state index contributed by atoms with van der Waals surface area (Å²) in [5.41, 5.74) is 0.0833. The Hall–Kier alpha value is -1.79. The number of hydrogen-bond acceptors (Lipinski definition) is 2. The van der Waals surface area contributed by atoms with E-state index in [1.165, 1.54) is 0 Å². The van der Waals surface area contributed by atoms with Gasteiger partial charge < -0.3 is 10.0 Å². The molecular formula is C14H15NO2. The van der Waals surface area contributed by atoms with Gasteiger partial charge in [0.2, 0.25) is 0 Å². The van der Waals surface area contributed by atoms with Gasteiger partial charge in [0.15, 0.2) is 0 Å². The van der Waals surface area contributed by atoms with Crippen molar-refractivity contribution in [1.29, 1.82) is 0 Å². The first-order chi connectivity index (χ1) is 8.15. The zero-order chi connectivity index (χ0) is 12.3. The van der Waals surface area contributed by atoms with Crippen LogP contribution in [0.1, 0.15) is 18.4 Å². The van der Waals surface area contributed by atoms with E-state index in [4.69, 9.17) is 6.42 Å². The summed E-state index contributed by atoms with van der Waals surface area (Å²) in [7, 11) is 0. The van der Waals surface area contributed by atoms with Gasteiger partial charge in [-0.2, -0.15) is 0 Å². The number of rotatable bonds is 1. The molecule has 0 spiro atoms. The summed E-state index contributed by atoms with van der Waals surface area (Å²) in [5.74, 6) is 1.82. The zero-order valence-electron chi connectivity index (χ0n) is 9.60. The van der Waals surface area contributed by atoms with Crippen molar-refractivity contribution in [1.82, 2.24) is 4.90 Å². The summed E-state index contributed by atoms with van der Waals surface area (Å²) in [4.78, 5) is 12.9. The number of terminal acetylenes is 1. The molecular weight excluding hydrogens is 214 g/mol. The Morgan fingerprint density at radius 2 is 1.88 bits per heavy atom. The Bertz CT molecular complexity index is 439. The number of carbonyl (C=O) groups is 1. The molecule has 1 heterocycles. The molecule has 1 aromatic carbocycles. The lowest BCUT2D eigenvalue weighted by Crippen LogP contribution is -2.44. The number of benzene rings is 1. The monoisotopic (exact) mass is 229 g/mol. The third kappa shape index (κ3) is 2.32. The molecule has 0 aromatic heterocycles. The van der Waals surface area contributed by atoms with Gasteiger partial charge in [-0.15, -0.1) is 6.42 Å². The van der Waals surface area contributed by atoms with Crippen LogP contribution in [0.4, 0.5) is 0 Å². The molecule has 0 saturated carbocycles. The summed E-state index contributed by atoms with van der Waals surface area (Å²) in [5, 5.41) is 10.5. The standard InChI is InChI=1S/C14H15NO2/c1-2-13(16)15-10-8-14(17,9-11-15)12-6-4-3-5-7-12/h1,3-7,17H,8-11H2. The van der Waals surface area contributed by atoms with Crippen LogP contribution in [-0.4, -0.2) is 29.0 Å². The fourth-order valence-corrected chi connectivity index (χ4v) is 2.21. The van der Waals surface area contributed by atoms with Crippen LogP contribution in [0, 0.1) is 12.3 Å². The van der Waals surface area contributed by atoms with Crippen LogP contribution in [-0.2, 0) is 10.4 Å². The van der Waals surface area contributed by atoms with Gasteiger partial charge >= 0.3 is 0 Å². The number of likely N-dealkylation sites (tertiary alicyclic amines) is 1. The molecule has 0 unspecified atom stereocenters. The second-order valence-corrected chi connectivity index (χ2v) is 4.33. The Labute approximate surface area is 101 Å². The molecule has 0 radical (unpaired) electrons. The SMILES string of the molecule is C#CC(=O)N1CCC(O)(c2ccccc2)CC1. The molecule has 1 aliphatic rings. The molecule has 3 nitrogen and oxygen atoms in total. The van der Waals surface area contributed by atoms with Gasteiger partial charge in [-0.1, -0.05) is 30.3 Å². The number of hydrogen-bond donors (Lipinski definition) is 1. The predicted octanol–water partition coefficient (Wildman–Crippen LogP) is 1.13. The van der Waals surface area contributed by atoms with E-state index in [0.717, 1.165) is 5.56 Å². The first-order valence-electron chi connectivity index (χ1n) is 5.69. The van der Waals surface area contributed by atoms with Gasteiger partial charge in [-0.25, -0.2) is 0 Å². The van der Waals surface area contributed by atoms with Crippen molar-refractivity contribution in [3.8, 4) is 12.3 Å². The fraction of sp³-hybridized carbons (Fsp3) is 0.357. The highest BCUT2D eigenvalue weighted by Gasteiger charge is 2.34. The summed E-state index contributed by atoms with van der Waals surface area (Å²) in [6, 6.07) is 9.57. The average molecular weight is 229 g/mol. The lowest BCUT2D eigenvalue weighted by molar-refractivity contribution is -0.129. The van der Waals surface area contributed by atoms with Crippen molar-refractivity contribution in [2.45, 2.75) is 18.4 Å². The molecule has 0 atom stereocenters. The lowest BCUT2D eigenvalue weighted by atomic mass is 9.84. The van der Waals surface area contributed by atoms with E-state index in [1.807, 2.05) is 30.3 Å². The third-order valence-electron chi connectivity index (χ3n) is 3.31. The van der Waals surface area contributed by atoms with Gasteiger partial charge in [0.05, 0.1) is 5.60 Å². The highest BCUT2D eigenvalue weighted by atomic mass is 16.3. The Morgan fingerprint density at radius 1 is 1.29 bits per heavy atom. The smallest absolute Gasteiger partial charge is 0.298 e. The maximum Gasteiger partial charge on any atom is 0.298 e. The van der Waals surface area contributed by atoms with Gasteiger partial charge in [-0.05, 0) is 24.3 Å². The van der Waals surface area contributed by atoms with Crippen molar-refractivity contribution in [2.75, 3.05) is 13.1 Å². The first-order valence-corrected chi connectivity index (χ1v) is 5.69. The molecule has 88 valence electrons. The third-order valence-corrected chi connectivity index (χ3v) is 3.31. The first kappa shape index (κ1) is 11.7. The number of carbonyl (C=O) groups excluding carboxylic acids is 1. The van der Waals surface area contributed by atoms with Crippen molar-refractivity contribution in [3.63, 3.8) is 0 Å². The minimum atomic E-state index is -0.827. The molecule has 2 rings (SSSR count). The predicted molar refractivity (Wildman–Crippen MR) is 65.0 cm³/mol. The molecule has 1 amide bonds. The van der Waals surface area contributed by atoms with E-state index in [9.17, 15) is 9.90 Å². The van der Waals surface area contributed by atoms with Crippen LogP contribution in [0.3, 0.4) is 0 Å². The van der Waals surface area contributed by atoms with Crippen LogP contribution >= 0.6 is 0 Å². The van der Waals surface area contributed by atoms with Gasteiger partial charge in [0.25, 0.3) is 5.91 Å². The van der Waals surface area contributed by atoms with E-state index < -0.39 is 5.60 Å². The molecule has 3 heteroatoms. The van der Waals surface area contributed by atoms with Crippen molar-refractivity contribution in [2.24, 2.45) is 0 Å². The quantitative estimate of drug-likeness (QED) is 0.733. The normalized spacial score (nSPS) is 18.5. The van der Waals surface area contributed by atoms with Crippen molar-refractivity contribution >= 4 is 5.91 Å². The van der Waals surface area contributed by atoms with Crippen molar-refractivity contribution < 1.29 is 9.90 Å². The largest absolute Gasteiger partial charge is 0.385 e. The summed E-state index contributed by atoms with van der Waals surface area (Å²) >= 11 is 0. The lowest BCUT2D eigenvalue weighted by Gasteiger charge is -2.37. The van der Waals surface area contributed by atoms with E-state index in [1.54, 1.807) is 4.90 Å². The highest BCUT2D eigenvalue weighted by Crippen LogP contribution is 2.32. The molecule has 17 heavy (non-hydrogen) atoms. The highest BCUT2D eigenvalue weighted by molar-refractivity contribution is 5.92. The summed E-state index contributed by atoms with van der Waals surface area (Å²) in [6.07, 6.45) is 6.14. The molecule has 0 bridgehead atoms. The van der Waals surface area contributed by atoms with E-state index >= 15 is 0 Å². The molecule has 1 saturated heterocycles. The average Bonchev–Trinajstić information content (AvgIpc) is 2.40. The van der Waals surface area contributed by atoms with Crippen molar-refractivity contribution in [3.05, 3.63) is 35.9 Å². The Kier molecular flexibility index (Phi) is 3.16. The Morgan fingerprint density at radius 3 is 2.41 bits per heavy atom. The second-order valence-electron chi connectivity index (χ2n) is 4.33. The van der Waals surface area contributed by atoms with E-state index in [2.05, 4.69) is 5.92 Å². The minimum absolute atomic E-state index is 0.292. The topological polar surface area (TPSA) is 40.5 Å². The molecule has 1 aromatic rings. The second kappa shape index (κ2) is 4.60. The van der Waals surface area contributed by atoms with Crippen LogP contribution in [0.15, 0.2) is 30.3 Å². The minimum Gasteiger partial charge on any atom is -0.385 e. The van der Waals surface area contributed by atoms with E-state index in [-0.39, 0.29) is 5.91 Å². The number of nitrogens with zero attached hydrogens (tertiary/aromatic N) is 1. The van der Waals surface area contributed by atoms with E-state index in [0.29, 0.717) is 25.9 Å². The summed E-state index contributed by atoms with van der Waals surface area (Å²) in [6.45, 7) is 1.02. The summed E-state index contributed by atoms with van der Waals surface area (Å²) < 4.78 is 0. The number of aliphatic hydroxyl groups is 1. The fourth-order valence-electron chi connectivity index (χ4n) is 2.21. The Balaban J connectivity index is 2.08. The van der Waals surface area contributed by atoms with Gasteiger partial charge in [0, 0.05) is 13.1 Å². The van der Waals surface area contributed by atoms with Crippen LogP contribution in [0.2, 0.25) is 0 Å². The maximum absolute atomic E-state index is 11.3. The number of amides is 1. The molecule has 0 aliphatic carbocycles. The molecule has 1 fully saturated rings. The van der Waals surface area contributed by atoms with Crippen LogP contribution in [0.25, 0.3) is 0 Å².